The molecule has 0 atom stereocenters. The molecule has 0 aliphatic heterocycles. The first-order valence-corrected chi connectivity index (χ1v) is 5.72. The third-order valence-corrected chi connectivity index (χ3v) is 3.28. The predicted molar refractivity (Wildman–Crippen MR) is 65.4 cm³/mol. The maximum Gasteiger partial charge on any atom is 0.266 e. The van der Waals surface area contributed by atoms with E-state index in [2.05, 4.69) is 10.4 Å². The molecule has 1 aromatic heterocycles. The molecule has 4 heteroatoms. The Hall–Kier alpha value is -1.94. The number of aryl methyl sites for hydroxylation is 1. The second-order valence-corrected chi connectivity index (χ2v) is 4.26. The maximum absolute atomic E-state index is 11.9. The Labute approximate surface area is 98.8 Å². The van der Waals surface area contributed by atoms with Gasteiger partial charge < -0.3 is 0 Å². The summed E-state index contributed by atoms with van der Waals surface area (Å²) in [6.45, 7) is 0. The number of fused-ring (bicyclic) bond motifs is 2. The van der Waals surface area contributed by atoms with Crippen LogP contribution in [0.25, 0.3) is 10.9 Å². The van der Waals surface area contributed by atoms with Gasteiger partial charge in [-0.3, -0.25) is 15.2 Å². The summed E-state index contributed by atoms with van der Waals surface area (Å²) in [5, 5.41) is 0.885. The van der Waals surface area contributed by atoms with Crippen molar-refractivity contribution in [3.05, 3.63) is 41.1 Å². The number of aromatic nitrogens is 1. The molecule has 0 radical (unpaired) electrons. The second kappa shape index (κ2) is 3.82. The Morgan fingerprint density at radius 3 is 2.94 bits per heavy atom. The minimum Gasteiger partial charge on any atom is -0.290 e. The van der Waals surface area contributed by atoms with Crippen LogP contribution in [0.1, 0.15) is 28.0 Å². The van der Waals surface area contributed by atoms with Gasteiger partial charge in [0.15, 0.2) is 0 Å². The molecule has 0 saturated heterocycles. The normalized spacial score (nSPS) is 13.7. The van der Waals surface area contributed by atoms with E-state index in [1.807, 2.05) is 24.3 Å². The molecule has 0 spiro atoms. The molecule has 2 aromatic rings. The van der Waals surface area contributed by atoms with Crippen LogP contribution in [-0.4, -0.2) is 10.9 Å². The van der Waals surface area contributed by atoms with Crippen LogP contribution in [-0.2, 0) is 12.8 Å². The SMILES string of the molecule is NNC(=O)c1c2c(nc3ccccc13)CCC2. The quantitative estimate of drug-likeness (QED) is 0.438. The molecule has 1 aromatic carbocycles. The smallest absolute Gasteiger partial charge is 0.266 e. The number of carbonyl (C=O) groups excluding carboxylic acids is 1. The van der Waals surface area contributed by atoms with Crippen LogP contribution in [0.5, 0.6) is 0 Å². The van der Waals surface area contributed by atoms with E-state index < -0.39 is 0 Å². The summed E-state index contributed by atoms with van der Waals surface area (Å²) >= 11 is 0. The van der Waals surface area contributed by atoms with Crippen LogP contribution in [0.3, 0.4) is 0 Å². The lowest BCUT2D eigenvalue weighted by Crippen LogP contribution is -2.31. The number of nitrogens with zero attached hydrogens (tertiary/aromatic N) is 1. The average molecular weight is 227 g/mol. The fraction of sp³-hybridized carbons (Fsp3) is 0.231. The molecule has 1 aliphatic rings. The van der Waals surface area contributed by atoms with Crippen molar-refractivity contribution in [1.82, 2.24) is 10.4 Å². The number of amides is 1. The van der Waals surface area contributed by atoms with Gasteiger partial charge in [0.1, 0.15) is 0 Å². The molecule has 3 rings (SSSR count). The van der Waals surface area contributed by atoms with E-state index in [0.717, 1.165) is 41.4 Å². The van der Waals surface area contributed by atoms with Gasteiger partial charge in [0.2, 0.25) is 0 Å². The number of nitrogen functional groups attached to an aromatic ring is 1. The van der Waals surface area contributed by atoms with E-state index in [1.54, 1.807) is 0 Å². The van der Waals surface area contributed by atoms with Gasteiger partial charge in [-0.15, -0.1) is 0 Å². The minimum atomic E-state index is -0.221. The van der Waals surface area contributed by atoms with Crippen LogP contribution < -0.4 is 11.3 Å². The maximum atomic E-state index is 11.9. The van der Waals surface area contributed by atoms with Crippen LogP contribution in [0.2, 0.25) is 0 Å². The van der Waals surface area contributed by atoms with Crippen molar-refractivity contribution >= 4 is 16.8 Å². The molecule has 3 N–H and O–H groups in total. The van der Waals surface area contributed by atoms with Crippen LogP contribution in [0.15, 0.2) is 24.3 Å². The van der Waals surface area contributed by atoms with E-state index in [-0.39, 0.29) is 5.91 Å². The van der Waals surface area contributed by atoms with Gasteiger partial charge in [0.05, 0.1) is 11.1 Å². The molecule has 0 bridgehead atoms. The molecule has 1 amide bonds. The second-order valence-electron chi connectivity index (χ2n) is 4.26. The lowest BCUT2D eigenvalue weighted by atomic mass is 10.0. The number of hydrogen-bond acceptors (Lipinski definition) is 3. The number of rotatable bonds is 1. The number of benzene rings is 1. The summed E-state index contributed by atoms with van der Waals surface area (Å²) in [7, 11) is 0. The van der Waals surface area contributed by atoms with Crippen molar-refractivity contribution in [3.63, 3.8) is 0 Å². The number of carbonyl (C=O) groups is 1. The third-order valence-electron chi connectivity index (χ3n) is 3.28. The summed E-state index contributed by atoms with van der Waals surface area (Å²) in [6, 6.07) is 7.70. The standard InChI is InChI=1S/C13H13N3O/c14-16-13(17)12-8-4-1-2-6-10(8)15-11-7-3-5-9(11)12/h1-2,4,6H,3,5,7,14H2,(H,16,17). The Morgan fingerprint density at radius 1 is 1.29 bits per heavy atom. The van der Waals surface area contributed by atoms with E-state index >= 15 is 0 Å². The Kier molecular flexibility index (Phi) is 2.30. The number of hydrazine groups is 1. The topological polar surface area (TPSA) is 68.0 Å². The molecule has 86 valence electrons. The van der Waals surface area contributed by atoms with Crippen molar-refractivity contribution < 1.29 is 4.79 Å². The molecule has 1 aliphatic carbocycles. The zero-order chi connectivity index (χ0) is 11.8. The van der Waals surface area contributed by atoms with Gasteiger partial charge in [0.25, 0.3) is 5.91 Å². The number of para-hydroxylation sites is 1. The molecule has 0 unspecified atom stereocenters. The lowest BCUT2D eigenvalue weighted by Gasteiger charge is -2.10. The van der Waals surface area contributed by atoms with Crippen molar-refractivity contribution in [2.24, 2.45) is 5.84 Å². The van der Waals surface area contributed by atoms with Crippen molar-refractivity contribution in [3.8, 4) is 0 Å². The first-order chi connectivity index (χ1) is 8.31. The summed E-state index contributed by atoms with van der Waals surface area (Å²) in [5.74, 6) is 5.05. The molecule has 4 nitrogen and oxygen atoms in total. The average Bonchev–Trinajstić information content (AvgIpc) is 2.82. The summed E-state index contributed by atoms with van der Waals surface area (Å²) in [5.41, 5.74) is 5.91. The zero-order valence-electron chi connectivity index (χ0n) is 9.36. The van der Waals surface area contributed by atoms with Gasteiger partial charge in [0, 0.05) is 11.1 Å². The number of pyridine rings is 1. The van der Waals surface area contributed by atoms with Gasteiger partial charge in [-0.1, -0.05) is 18.2 Å². The van der Waals surface area contributed by atoms with E-state index in [1.165, 1.54) is 0 Å². The van der Waals surface area contributed by atoms with Crippen molar-refractivity contribution in [2.45, 2.75) is 19.3 Å². The Balaban J connectivity index is 2.39. The van der Waals surface area contributed by atoms with Crippen molar-refractivity contribution in [2.75, 3.05) is 0 Å². The molecular formula is C13H13N3O. The largest absolute Gasteiger partial charge is 0.290 e. The highest BCUT2D eigenvalue weighted by atomic mass is 16.2. The molecule has 1 heterocycles. The molecule has 0 saturated carbocycles. The fourth-order valence-corrected chi connectivity index (χ4v) is 2.54. The number of nitrogens with two attached hydrogens (primary N) is 1. The van der Waals surface area contributed by atoms with Crippen LogP contribution in [0, 0.1) is 0 Å². The number of hydrogen-bond donors (Lipinski definition) is 2. The zero-order valence-corrected chi connectivity index (χ0v) is 9.36. The summed E-state index contributed by atoms with van der Waals surface area (Å²) in [4.78, 5) is 16.5. The Bertz CT molecular complexity index is 607. The van der Waals surface area contributed by atoms with Gasteiger partial charge in [-0.05, 0) is 30.9 Å². The third kappa shape index (κ3) is 1.49. The molecule has 17 heavy (non-hydrogen) atoms. The number of nitrogens with one attached hydrogen (secondary N) is 1. The van der Waals surface area contributed by atoms with Gasteiger partial charge >= 0.3 is 0 Å². The lowest BCUT2D eigenvalue weighted by molar-refractivity contribution is 0.0954. The summed E-state index contributed by atoms with van der Waals surface area (Å²) < 4.78 is 0. The first kappa shape index (κ1) is 10.2. The van der Waals surface area contributed by atoms with Crippen LogP contribution in [0.4, 0.5) is 0 Å². The Morgan fingerprint density at radius 2 is 2.12 bits per heavy atom. The molecular weight excluding hydrogens is 214 g/mol. The van der Waals surface area contributed by atoms with E-state index in [9.17, 15) is 4.79 Å². The monoisotopic (exact) mass is 227 g/mol. The highest BCUT2D eigenvalue weighted by molar-refractivity contribution is 6.07. The molecule has 0 fully saturated rings. The minimum absolute atomic E-state index is 0.221. The van der Waals surface area contributed by atoms with Crippen LogP contribution >= 0.6 is 0 Å². The first-order valence-electron chi connectivity index (χ1n) is 5.72. The highest BCUT2D eigenvalue weighted by Gasteiger charge is 2.22. The van der Waals surface area contributed by atoms with Gasteiger partial charge in [-0.2, -0.15) is 0 Å². The van der Waals surface area contributed by atoms with Gasteiger partial charge in [-0.25, -0.2) is 5.84 Å². The van der Waals surface area contributed by atoms with Crippen molar-refractivity contribution in [1.29, 1.82) is 0 Å². The highest BCUT2D eigenvalue weighted by Crippen LogP contribution is 2.29. The summed E-state index contributed by atoms with van der Waals surface area (Å²) in [6.07, 6.45) is 2.92. The predicted octanol–water partition coefficient (Wildman–Crippen LogP) is 1.33. The van der Waals surface area contributed by atoms with E-state index in [4.69, 9.17) is 5.84 Å². The fourth-order valence-electron chi connectivity index (χ4n) is 2.54. The van der Waals surface area contributed by atoms with E-state index in [0.29, 0.717) is 5.56 Å².